The number of piperidine rings is 1. The zero-order chi connectivity index (χ0) is 18.0. The van der Waals surface area contributed by atoms with Crippen LogP contribution in [0, 0.1) is 0 Å². The van der Waals surface area contributed by atoms with Crippen LogP contribution >= 0.6 is 15.9 Å². The Morgan fingerprint density at radius 2 is 2.19 bits per heavy atom. The third kappa shape index (κ3) is 3.63. The van der Waals surface area contributed by atoms with E-state index in [1.807, 2.05) is 7.05 Å². The van der Waals surface area contributed by atoms with Gasteiger partial charge in [0.15, 0.2) is 5.96 Å². The van der Waals surface area contributed by atoms with Gasteiger partial charge in [0.2, 0.25) is 0 Å². The second-order valence-electron chi connectivity index (χ2n) is 7.32. The number of halogens is 1. The highest BCUT2D eigenvalue weighted by atomic mass is 79.9. The van der Waals surface area contributed by atoms with Crippen molar-refractivity contribution < 1.29 is 0 Å². The Morgan fingerprint density at radius 3 is 2.81 bits per heavy atom. The minimum atomic E-state index is 0.262. The Bertz CT molecular complexity index is 760. The molecule has 1 saturated heterocycles. The second kappa shape index (κ2) is 7.39. The van der Waals surface area contributed by atoms with Crippen LogP contribution < -0.4 is 5.32 Å². The normalized spacial score (nSPS) is 20.2. The van der Waals surface area contributed by atoms with Crippen molar-refractivity contribution in [1.82, 2.24) is 25.4 Å². The number of hydrogen-bond donors (Lipinski definition) is 2. The Kier molecular flexibility index (Phi) is 4.98. The number of hydrogen-bond acceptors (Lipinski definition) is 3. The van der Waals surface area contributed by atoms with Crippen LogP contribution in [0.2, 0.25) is 0 Å². The van der Waals surface area contributed by atoms with Gasteiger partial charge in [0.1, 0.15) is 12.2 Å². The number of rotatable bonds is 4. The second-order valence-corrected chi connectivity index (χ2v) is 8.24. The molecule has 0 unspecified atom stereocenters. The number of guanidine groups is 1. The van der Waals surface area contributed by atoms with E-state index in [-0.39, 0.29) is 5.41 Å². The SMILES string of the molecule is CN=C(NCC1(c2cccc(Br)c2)CC1)N1CCC(c2ncn[nH]2)CC1. The first-order valence-corrected chi connectivity index (χ1v) is 10.1. The van der Waals surface area contributed by atoms with E-state index in [0.717, 1.165) is 48.7 Å². The third-order valence-electron chi connectivity index (χ3n) is 5.70. The molecule has 1 aliphatic heterocycles. The maximum atomic E-state index is 4.53. The molecule has 1 aromatic carbocycles. The number of nitrogens with zero attached hydrogens (tertiary/aromatic N) is 4. The Morgan fingerprint density at radius 1 is 1.38 bits per heavy atom. The summed E-state index contributed by atoms with van der Waals surface area (Å²) >= 11 is 3.60. The molecule has 0 radical (unpaired) electrons. The highest BCUT2D eigenvalue weighted by Gasteiger charge is 2.44. The lowest BCUT2D eigenvalue weighted by molar-refractivity contribution is 0.298. The summed E-state index contributed by atoms with van der Waals surface area (Å²) in [5.41, 5.74) is 1.68. The van der Waals surface area contributed by atoms with Crippen LogP contribution in [0.3, 0.4) is 0 Å². The van der Waals surface area contributed by atoms with Gasteiger partial charge in [0, 0.05) is 42.5 Å². The predicted molar refractivity (Wildman–Crippen MR) is 106 cm³/mol. The van der Waals surface area contributed by atoms with E-state index >= 15 is 0 Å². The molecule has 2 N–H and O–H groups in total. The molecule has 0 spiro atoms. The van der Waals surface area contributed by atoms with Crippen molar-refractivity contribution in [3.63, 3.8) is 0 Å². The topological polar surface area (TPSA) is 69.2 Å². The third-order valence-corrected chi connectivity index (χ3v) is 6.20. The molecule has 1 aromatic heterocycles. The van der Waals surface area contributed by atoms with Gasteiger partial charge in [-0.25, -0.2) is 4.98 Å². The van der Waals surface area contributed by atoms with Crippen molar-refractivity contribution in [3.8, 4) is 0 Å². The van der Waals surface area contributed by atoms with Gasteiger partial charge >= 0.3 is 0 Å². The first-order chi connectivity index (χ1) is 12.7. The predicted octanol–water partition coefficient (Wildman–Crippen LogP) is 3.05. The molecular formula is C19H25BrN6. The summed E-state index contributed by atoms with van der Waals surface area (Å²) in [4.78, 5) is 11.2. The molecule has 138 valence electrons. The number of aromatic amines is 1. The summed E-state index contributed by atoms with van der Waals surface area (Å²) < 4.78 is 1.15. The summed E-state index contributed by atoms with van der Waals surface area (Å²) in [6, 6.07) is 8.71. The van der Waals surface area contributed by atoms with Crippen molar-refractivity contribution in [2.24, 2.45) is 4.99 Å². The summed E-state index contributed by atoms with van der Waals surface area (Å²) in [5.74, 6) is 2.50. The number of benzene rings is 1. The Balaban J connectivity index is 1.34. The molecule has 1 saturated carbocycles. The molecule has 2 aliphatic rings. The molecule has 0 bridgehead atoms. The molecule has 2 heterocycles. The monoisotopic (exact) mass is 416 g/mol. The van der Waals surface area contributed by atoms with Gasteiger partial charge in [0.25, 0.3) is 0 Å². The fourth-order valence-electron chi connectivity index (χ4n) is 3.89. The maximum absolute atomic E-state index is 4.53. The minimum Gasteiger partial charge on any atom is -0.355 e. The van der Waals surface area contributed by atoms with Crippen molar-refractivity contribution in [1.29, 1.82) is 0 Å². The summed E-state index contributed by atoms with van der Waals surface area (Å²) in [5, 5.41) is 10.6. The van der Waals surface area contributed by atoms with Gasteiger partial charge in [-0.05, 0) is 43.4 Å². The Hall–Kier alpha value is -1.89. The zero-order valence-electron chi connectivity index (χ0n) is 15.1. The minimum absolute atomic E-state index is 0.262. The van der Waals surface area contributed by atoms with Crippen molar-refractivity contribution in [2.45, 2.75) is 37.0 Å². The van der Waals surface area contributed by atoms with Crippen molar-refractivity contribution in [3.05, 3.63) is 46.5 Å². The number of aliphatic imine (C=N–C) groups is 1. The van der Waals surface area contributed by atoms with Crippen LogP contribution in [0.4, 0.5) is 0 Å². The average Bonchev–Trinajstić information content (AvgIpc) is 3.26. The van der Waals surface area contributed by atoms with E-state index in [0.29, 0.717) is 5.92 Å². The highest BCUT2D eigenvalue weighted by Crippen LogP contribution is 2.48. The number of nitrogens with one attached hydrogen (secondary N) is 2. The fourth-order valence-corrected chi connectivity index (χ4v) is 4.29. The van der Waals surface area contributed by atoms with Crippen LogP contribution in [0.15, 0.2) is 40.1 Å². The van der Waals surface area contributed by atoms with Gasteiger partial charge < -0.3 is 10.2 Å². The maximum Gasteiger partial charge on any atom is 0.193 e. The standard InChI is InChI=1S/C19H25BrN6/c1-21-18(26-9-5-14(6-10-26)17-23-13-24-25-17)22-12-19(7-8-19)15-3-2-4-16(20)11-15/h2-4,11,13-14H,5-10,12H2,1H3,(H,21,22)(H,23,24,25). The van der Waals surface area contributed by atoms with Crippen molar-refractivity contribution in [2.75, 3.05) is 26.7 Å². The molecular weight excluding hydrogens is 392 g/mol. The van der Waals surface area contributed by atoms with Crippen LogP contribution in [0.1, 0.15) is 43.0 Å². The largest absolute Gasteiger partial charge is 0.355 e. The molecule has 26 heavy (non-hydrogen) atoms. The van der Waals surface area contributed by atoms with Gasteiger partial charge in [-0.2, -0.15) is 5.10 Å². The first kappa shape index (κ1) is 17.5. The van der Waals surface area contributed by atoms with Crippen molar-refractivity contribution >= 4 is 21.9 Å². The lowest BCUT2D eigenvalue weighted by Gasteiger charge is -2.34. The van der Waals surface area contributed by atoms with E-state index in [4.69, 9.17) is 0 Å². The van der Waals surface area contributed by atoms with Gasteiger partial charge in [-0.1, -0.05) is 28.1 Å². The molecule has 6 nitrogen and oxygen atoms in total. The van der Waals surface area contributed by atoms with E-state index in [9.17, 15) is 0 Å². The molecule has 4 rings (SSSR count). The van der Waals surface area contributed by atoms with Gasteiger partial charge in [0.05, 0.1) is 0 Å². The van der Waals surface area contributed by atoms with E-state index in [1.54, 1.807) is 6.33 Å². The zero-order valence-corrected chi connectivity index (χ0v) is 16.7. The van der Waals surface area contributed by atoms with Crippen LogP contribution in [0.5, 0.6) is 0 Å². The molecule has 0 atom stereocenters. The van der Waals surface area contributed by atoms with E-state index in [1.165, 1.54) is 18.4 Å². The molecule has 2 fully saturated rings. The van der Waals surface area contributed by atoms with Gasteiger partial charge in [-0.15, -0.1) is 0 Å². The first-order valence-electron chi connectivity index (χ1n) is 9.27. The quantitative estimate of drug-likeness (QED) is 0.593. The summed E-state index contributed by atoms with van der Waals surface area (Å²) in [7, 11) is 1.88. The molecule has 0 amide bonds. The number of aromatic nitrogens is 3. The van der Waals surface area contributed by atoms with Gasteiger partial charge in [-0.3, -0.25) is 10.1 Å². The highest BCUT2D eigenvalue weighted by molar-refractivity contribution is 9.10. The van der Waals surface area contributed by atoms with E-state index < -0.39 is 0 Å². The average molecular weight is 417 g/mol. The fraction of sp³-hybridized carbons (Fsp3) is 0.526. The molecule has 7 heteroatoms. The smallest absolute Gasteiger partial charge is 0.193 e. The summed E-state index contributed by atoms with van der Waals surface area (Å²) in [6.07, 6.45) is 6.22. The molecule has 1 aliphatic carbocycles. The lowest BCUT2D eigenvalue weighted by Crippen LogP contribution is -2.47. The molecule has 2 aromatic rings. The number of H-pyrrole nitrogens is 1. The summed E-state index contributed by atoms with van der Waals surface area (Å²) in [6.45, 7) is 2.93. The van der Waals surface area contributed by atoms with Crippen LogP contribution in [0.25, 0.3) is 0 Å². The van der Waals surface area contributed by atoms with E-state index in [2.05, 4.69) is 70.6 Å². The van der Waals surface area contributed by atoms with Crippen LogP contribution in [-0.2, 0) is 5.41 Å². The van der Waals surface area contributed by atoms with Crippen LogP contribution in [-0.4, -0.2) is 52.7 Å². The lowest BCUT2D eigenvalue weighted by atomic mass is 9.95. The number of likely N-dealkylation sites (tertiary alicyclic amines) is 1. The Labute approximate surface area is 162 Å².